The van der Waals surface area contributed by atoms with Gasteiger partial charge in [-0.05, 0) is 19.9 Å². The molecule has 4 N–H and O–H groups in total. The Labute approximate surface area is 105 Å². The molecule has 0 fully saturated rings. The van der Waals surface area contributed by atoms with Crippen molar-refractivity contribution in [2.75, 3.05) is 11.5 Å². The molecule has 0 radical (unpaired) electrons. The van der Waals surface area contributed by atoms with E-state index in [-0.39, 0.29) is 11.7 Å². The normalized spacial score (nSPS) is 10.3. The summed E-state index contributed by atoms with van der Waals surface area (Å²) in [6.45, 7) is 3.29. The Morgan fingerprint density at radius 3 is 2.61 bits per heavy atom. The average molecular weight is 242 g/mol. The van der Waals surface area contributed by atoms with E-state index in [9.17, 15) is 4.79 Å². The van der Waals surface area contributed by atoms with Gasteiger partial charge in [-0.2, -0.15) is 0 Å². The van der Waals surface area contributed by atoms with E-state index in [0.29, 0.717) is 22.6 Å². The number of benzene rings is 1. The molecule has 0 aliphatic carbocycles. The molecule has 0 unspecified atom stereocenters. The van der Waals surface area contributed by atoms with Gasteiger partial charge in [0.1, 0.15) is 0 Å². The van der Waals surface area contributed by atoms with Crippen LogP contribution >= 0.6 is 0 Å². The number of rotatable bonds is 2. The number of aryl methyl sites for hydroxylation is 1. The zero-order chi connectivity index (χ0) is 13.3. The van der Waals surface area contributed by atoms with E-state index in [4.69, 9.17) is 11.5 Å². The molecule has 0 atom stereocenters. The second-order valence-corrected chi connectivity index (χ2v) is 4.07. The molecule has 0 aliphatic heterocycles. The summed E-state index contributed by atoms with van der Waals surface area (Å²) in [6.07, 6.45) is 0. The molecule has 92 valence electrons. The van der Waals surface area contributed by atoms with Crippen molar-refractivity contribution < 1.29 is 4.79 Å². The highest BCUT2D eigenvalue weighted by Gasteiger charge is 2.10. The highest BCUT2D eigenvalue weighted by molar-refractivity contribution is 5.95. The zero-order valence-electron chi connectivity index (χ0n) is 10.3. The third-order valence-electron chi connectivity index (χ3n) is 2.70. The molecule has 0 aliphatic rings. The van der Waals surface area contributed by atoms with Crippen LogP contribution in [0.4, 0.5) is 11.6 Å². The van der Waals surface area contributed by atoms with Crippen LogP contribution < -0.4 is 11.5 Å². The van der Waals surface area contributed by atoms with Gasteiger partial charge in [-0.25, -0.2) is 9.97 Å². The fourth-order valence-electron chi connectivity index (χ4n) is 1.71. The molecule has 0 spiro atoms. The SMILES string of the molecule is CC(=O)c1cccc(-c2nc(N)nc(C)c2N)c1. The van der Waals surface area contributed by atoms with Gasteiger partial charge in [0.05, 0.1) is 17.1 Å². The third-order valence-corrected chi connectivity index (χ3v) is 2.70. The summed E-state index contributed by atoms with van der Waals surface area (Å²) in [6, 6.07) is 7.13. The van der Waals surface area contributed by atoms with Crippen molar-refractivity contribution in [2.24, 2.45) is 0 Å². The number of nitrogens with two attached hydrogens (primary N) is 2. The summed E-state index contributed by atoms with van der Waals surface area (Å²) in [7, 11) is 0. The fourth-order valence-corrected chi connectivity index (χ4v) is 1.71. The van der Waals surface area contributed by atoms with Gasteiger partial charge in [0.2, 0.25) is 5.95 Å². The lowest BCUT2D eigenvalue weighted by Crippen LogP contribution is -2.04. The first-order chi connectivity index (χ1) is 8.49. The van der Waals surface area contributed by atoms with Gasteiger partial charge in [-0.15, -0.1) is 0 Å². The Hall–Kier alpha value is -2.43. The molecule has 0 saturated heterocycles. The van der Waals surface area contributed by atoms with Gasteiger partial charge in [0, 0.05) is 11.1 Å². The molecule has 5 heteroatoms. The molecule has 5 nitrogen and oxygen atoms in total. The lowest BCUT2D eigenvalue weighted by Gasteiger charge is -2.09. The van der Waals surface area contributed by atoms with E-state index in [1.54, 1.807) is 25.1 Å². The van der Waals surface area contributed by atoms with Crippen molar-refractivity contribution in [3.05, 3.63) is 35.5 Å². The van der Waals surface area contributed by atoms with Crippen LogP contribution in [-0.2, 0) is 0 Å². The highest BCUT2D eigenvalue weighted by Crippen LogP contribution is 2.26. The number of nitrogens with zero attached hydrogens (tertiary/aromatic N) is 2. The molecular formula is C13H14N4O. The monoisotopic (exact) mass is 242 g/mol. The first-order valence-corrected chi connectivity index (χ1v) is 5.50. The number of aromatic nitrogens is 2. The average Bonchev–Trinajstić information content (AvgIpc) is 2.34. The van der Waals surface area contributed by atoms with Gasteiger partial charge >= 0.3 is 0 Å². The first-order valence-electron chi connectivity index (χ1n) is 5.50. The molecule has 0 bridgehead atoms. The van der Waals surface area contributed by atoms with E-state index in [1.807, 2.05) is 6.07 Å². The van der Waals surface area contributed by atoms with Crippen LogP contribution in [0.15, 0.2) is 24.3 Å². The number of hydrogen-bond acceptors (Lipinski definition) is 5. The predicted octanol–water partition coefficient (Wildman–Crippen LogP) is 1.82. The minimum atomic E-state index is -0.00540. The summed E-state index contributed by atoms with van der Waals surface area (Å²) in [5.41, 5.74) is 14.6. The summed E-state index contributed by atoms with van der Waals surface area (Å²) in [5.74, 6) is 0.166. The standard InChI is InChI=1S/C13H14N4O/c1-7-11(14)12(17-13(15)16-7)10-5-3-4-9(6-10)8(2)18/h3-6H,14H2,1-2H3,(H2,15,16,17). The Balaban J connectivity index is 2.62. The molecule has 2 rings (SSSR count). The van der Waals surface area contributed by atoms with Gasteiger partial charge in [-0.3, -0.25) is 4.79 Å². The number of anilines is 2. The molecule has 0 amide bonds. The number of Topliss-reactive ketones (excluding diaryl/α,β-unsaturated/α-hetero) is 1. The minimum absolute atomic E-state index is 0.00540. The van der Waals surface area contributed by atoms with E-state index < -0.39 is 0 Å². The molecule has 1 aromatic heterocycles. The van der Waals surface area contributed by atoms with E-state index >= 15 is 0 Å². The number of carbonyl (C=O) groups is 1. The molecule has 18 heavy (non-hydrogen) atoms. The fraction of sp³-hybridized carbons (Fsp3) is 0.154. The van der Waals surface area contributed by atoms with Crippen molar-refractivity contribution in [3.8, 4) is 11.3 Å². The van der Waals surface area contributed by atoms with Crippen molar-refractivity contribution in [1.82, 2.24) is 9.97 Å². The smallest absolute Gasteiger partial charge is 0.220 e. The Morgan fingerprint density at radius 1 is 1.22 bits per heavy atom. The molecular weight excluding hydrogens is 228 g/mol. The van der Waals surface area contributed by atoms with Gasteiger partial charge in [-0.1, -0.05) is 18.2 Å². The van der Waals surface area contributed by atoms with Crippen LogP contribution in [0.2, 0.25) is 0 Å². The summed E-state index contributed by atoms with van der Waals surface area (Å²) >= 11 is 0. The Bertz CT molecular complexity index is 622. The Morgan fingerprint density at radius 2 is 1.94 bits per heavy atom. The van der Waals surface area contributed by atoms with Gasteiger partial charge in [0.15, 0.2) is 5.78 Å². The van der Waals surface area contributed by atoms with E-state index in [0.717, 1.165) is 5.56 Å². The number of ketones is 1. The maximum Gasteiger partial charge on any atom is 0.220 e. The quantitative estimate of drug-likeness (QED) is 0.783. The predicted molar refractivity (Wildman–Crippen MR) is 71.0 cm³/mol. The van der Waals surface area contributed by atoms with Crippen molar-refractivity contribution in [3.63, 3.8) is 0 Å². The van der Waals surface area contributed by atoms with Crippen LogP contribution in [0.25, 0.3) is 11.3 Å². The summed E-state index contributed by atoms with van der Waals surface area (Å²) < 4.78 is 0. The number of hydrogen-bond donors (Lipinski definition) is 2. The second-order valence-electron chi connectivity index (χ2n) is 4.07. The van der Waals surface area contributed by atoms with Crippen LogP contribution in [0.1, 0.15) is 23.0 Å². The number of nitrogen functional groups attached to an aromatic ring is 2. The van der Waals surface area contributed by atoms with Crippen LogP contribution in [0.5, 0.6) is 0 Å². The molecule has 2 aromatic rings. The minimum Gasteiger partial charge on any atom is -0.395 e. The van der Waals surface area contributed by atoms with Crippen molar-refractivity contribution >= 4 is 17.4 Å². The first kappa shape index (κ1) is 12.0. The van der Waals surface area contributed by atoms with Crippen LogP contribution in [0.3, 0.4) is 0 Å². The molecule has 0 saturated carbocycles. The van der Waals surface area contributed by atoms with Crippen LogP contribution in [-0.4, -0.2) is 15.8 Å². The zero-order valence-corrected chi connectivity index (χ0v) is 10.3. The van der Waals surface area contributed by atoms with E-state index in [2.05, 4.69) is 9.97 Å². The molecule has 1 heterocycles. The van der Waals surface area contributed by atoms with Crippen molar-refractivity contribution in [1.29, 1.82) is 0 Å². The maximum atomic E-state index is 11.4. The Kier molecular flexibility index (Phi) is 2.97. The maximum absolute atomic E-state index is 11.4. The molecule has 1 aromatic carbocycles. The van der Waals surface area contributed by atoms with Crippen molar-refractivity contribution in [2.45, 2.75) is 13.8 Å². The largest absolute Gasteiger partial charge is 0.395 e. The summed E-state index contributed by atoms with van der Waals surface area (Å²) in [5, 5.41) is 0. The lowest BCUT2D eigenvalue weighted by molar-refractivity contribution is 0.101. The van der Waals surface area contributed by atoms with Crippen LogP contribution in [0, 0.1) is 6.92 Å². The highest BCUT2D eigenvalue weighted by atomic mass is 16.1. The third kappa shape index (κ3) is 2.15. The summed E-state index contributed by atoms with van der Waals surface area (Å²) in [4.78, 5) is 19.5. The topological polar surface area (TPSA) is 94.9 Å². The van der Waals surface area contributed by atoms with Gasteiger partial charge < -0.3 is 11.5 Å². The second kappa shape index (κ2) is 4.44. The lowest BCUT2D eigenvalue weighted by atomic mass is 10.0. The van der Waals surface area contributed by atoms with E-state index in [1.165, 1.54) is 6.92 Å². The van der Waals surface area contributed by atoms with Gasteiger partial charge in [0.25, 0.3) is 0 Å². The number of carbonyl (C=O) groups excluding carboxylic acids is 1.